The van der Waals surface area contributed by atoms with E-state index in [0.717, 1.165) is 44.9 Å². The third kappa shape index (κ3) is 4.14. The van der Waals surface area contributed by atoms with Gasteiger partial charge >= 0.3 is 5.97 Å². The second kappa shape index (κ2) is 10.2. The van der Waals surface area contributed by atoms with Crippen LogP contribution >= 0.6 is 0 Å². The fraction of sp³-hybridized carbons (Fsp3) is 0.763. The molecule has 0 bridgehead atoms. The number of ether oxygens (including phenoxy) is 2. The van der Waals surface area contributed by atoms with Crippen LogP contribution in [0.25, 0.3) is 0 Å². The molecule has 0 saturated heterocycles. The molecule has 0 heterocycles. The van der Waals surface area contributed by atoms with Crippen LogP contribution in [0.3, 0.4) is 0 Å². The Bertz CT molecular complexity index is 1340. The third-order valence-corrected chi connectivity index (χ3v) is 15.1. The molecule has 0 spiro atoms. The smallest absolute Gasteiger partial charge is 0.338 e. The molecule has 6 rings (SSSR count). The lowest BCUT2D eigenvalue weighted by molar-refractivity contribution is -0.298. The summed E-state index contributed by atoms with van der Waals surface area (Å²) in [7, 11) is 1.48. The van der Waals surface area contributed by atoms with Crippen LogP contribution in [0.15, 0.2) is 30.4 Å². The van der Waals surface area contributed by atoms with Crippen LogP contribution in [0.5, 0.6) is 11.5 Å². The summed E-state index contributed by atoms with van der Waals surface area (Å²) in [5.41, 5.74) is 0.553. The van der Waals surface area contributed by atoms with Gasteiger partial charge in [-0.25, -0.2) is 4.79 Å². The molecular weight excluding hydrogens is 552 g/mol. The average Bonchev–Trinajstić information content (AvgIpc) is 3.29. The first-order chi connectivity index (χ1) is 20.5. The SMILES string of the molecule is C=C(C)[C@@H]1CC[C@]2(C)C[C@@H](O)[C@]3(C)C(C[C@@H](OC(=O)c4ccc(O)c(OC)c4)C4[C@@]5(C)CC[C@H](O)C(C)(C)C5CC[C@]43C)C12. The molecule has 44 heavy (non-hydrogen) atoms. The number of aliphatic hydroxyl groups is 2. The predicted octanol–water partition coefficient (Wildman–Crippen LogP) is 7.55. The quantitative estimate of drug-likeness (QED) is 0.241. The molecule has 0 amide bonds. The third-order valence-electron chi connectivity index (χ3n) is 15.1. The zero-order chi connectivity index (χ0) is 32.2. The first kappa shape index (κ1) is 31.9. The van der Waals surface area contributed by atoms with Crippen LogP contribution < -0.4 is 4.74 Å². The van der Waals surface area contributed by atoms with Gasteiger partial charge < -0.3 is 24.8 Å². The maximum Gasteiger partial charge on any atom is 0.338 e. The number of esters is 1. The molecule has 0 aliphatic heterocycles. The lowest BCUT2D eigenvalue weighted by Crippen LogP contribution is -2.73. The Morgan fingerprint density at radius 1 is 0.977 bits per heavy atom. The van der Waals surface area contributed by atoms with Gasteiger partial charge in [0.05, 0.1) is 24.9 Å². The Labute approximate surface area is 264 Å². The molecule has 4 unspecified atom stereocenters. The van der Waals surface area contributed by atoms with E-state index < -0.39 is 12.1 Å². The van der Waals surface area contributed by atoms with E-state index in [1.54, 1.807) is 12.1 Å². The normalized spacial score (nSPS) is 47.4. The molecule has 0 aromatic heterocycles. The fourth-order valence-electron chi connectivity index (χ4n) is 12.8. The van der Waals surface area contributed by atoms with Crippen LogP contribution in [0.2, 0.25) is 0 Å². The van der Waals surface area contributed by atoms with Gasteiger partial charge in [-0.05, 0) is 122 Å². The number of carbonyl (C=O) groups is 1. The highest BCUT2D eigenvalue weighted by molar-refractivity contribution is 5.90. The number of hydrogen-bond acceptors (Lipinski definition) is 6. The van der Waals surface area contributed by atoms with E-state index in [1.165, 1.54) is 18.7 Å². The van der Waals surface area contributed by atoms with Crippen LogP contribution in [0, 0.1) is 56.7 Å². The number of phenols is 1. The number of fused-ring (bicyclic) bond motifs is 7. The highest BCUT2D eigenvalue weighted by atomic mass is 16.5. The van der Waals surface area contributed by atoms with Crippen molar-refractivity contribution in [3.63, 3.8) is 0 Å². The molecular formula is C38H56O6. The van der Waals surface area contributed by atoms with Crippen molar-refractivity contribution in [3.05, 3.63) is 35.9 Å². The highest BCUT2D eigenvalue weighted by Gasteiger charge is 2.75. The number of hydrogen-bond donors (Lipinski definition) is 3. The van der Waals surface area contributed by atoms with Gasteiger partial charge in [0.2, 0.25) is 0 Å². The van der Waals surface area contributed by atoms with Crippen LogP contribution in [-0.4, -0.2) is 46.7 Å². The summed E-state index contributed by atoms with van der Waals surface area (Å²) in [6, 6.07) is 4.65. The maximum absolute atomic E-state index is 14.0. The monoisotopic (exact) mass is 608 g/mol. The molecule has 1 aromatic rings. The zero-order valence-electron chi connectivity index (χ0n) is 28.3. The molecule has 0 radical (unpaired) electrons. The van der Waals surface area contributed by atoms with Crippen molar-refractivity contribution in [2.75, 3.05) is 7.11 Å². The largest absolute Gasteiger partial charge is 0.504 e. The number of carbonyl (C=O) groups excluding carboxylic acids is 1. The number of allylic oxidation sites excluding steroid dienone is 1. The highest BCUT2D eigenvalue weighted by Crippen LogP contribution is 2.77. The lowest BCUT2D eigenvalue weighted by Gasteiger charge is -2.74. The van der Waals surface area contributed by atoms with Crippen molar-refractivity contribution < 1.29 is 29.6 Å². The van der Waals surface area contributed by atoms with E-state index >= 15 is 0 Å². The van der Waals surface area contributed by atoms with E-state index in [4.69, 9.17) is 9.47 Å². The lowest BCUT2D eigenvalue weighted by atomic mass is 9.31. The molecule has 5 saturated carbocycles. The Morgan fingerprint density at radius 2 is 1.68 bits per heavy atom. The molecule has 5 aliphatic carbocycles. The molecule has 244 valence electrons. The second-order valence-corrected chi connectivity index (χ2v) is 17.2. The van der Waals surface area contributed by atoms with Gasteiger partial charge in [0.25, 0.3) is 0 Å². The first-order valence-corrected chi connectivity index (χ1v) is 17.0. The van der Waals surface area contributed by atoms with Crippen LogP contribution in [0.4, 0.5) is 0 Å². The minimum atomic E-state index is -0.439. The Kier molecular flexibility index (Phi) is 7.42. The molecule has 12 atom stereocenters. The summed E-state index contributed by atoms with van der Waals surface area (Å²) >= 11 is 0. The Morgan fingerprint density at radius 3 is 2.34 bits per heavy atom. The zero-order valence-corrected chi connectivity index (χ0v) is 28.3. The number of methoxy groups -OCH3 is 1. The number of aliphatic hydroxyl groups excluding tert-OH is 2. The summed E-state index contributed by atoms with van der Waals surface area (Å²) < 4.78 is 12.0. The number of aromatic hydroxyl groups is 1. The summed E-state index contributed by atoms with van der Waals surface area (Å²) in [4.78, 5) is 14.0. The molecule has 5 aliphatic rings. The van der Waals surface area contributed by atoms with E-state index in [1.807, 2.05) is 0 Å². The van der Waals surface area contributed by atoms with Crippen molar-refractivity contribution in [1.29, 1.82) is 0 Å². The predicted molar refractivity (Wildman–Crippen MR) is 171 cm³/mol. The summed E-state index contributed by atoms with van der Waals surface area (Å²) in [5, 5.41) is 33.8. The fourth-order valence-corrected chi connectivity index (χ4v) is 12.8. The second-order valence-electron chi connectivity index (χ2n) is 17.2. The van der Waals surface area contributed by atoms with Crippen molar-refractivity contribution in [2.24, 2.45) is 56.7 Å². The van der Waals surface area contributed by atoms with Gasteiger partial charge in [-0.1, -0.05) is 53.7 Å². The van der Waals surface area contributed by atoms with E-state index in [2.05, 4.69) is 55.0 Å². The Balaban J connectivity index is 1.49. The van der Waals surface area contributed by atoms with Gasteiger partial charge in [-0.2, -0.15) is 0 Å². The minimum absolute atomic E-state index is 0.0155. The molecule has 5 fully saturated rings. The standard InChI is InChI=1S/C38H56O6/c1-21(2)23-12-15-35(5)20-30(41)38(8)24(31(23)35)19-27(44-33(42)22-10-11-25(39)26(18-22)43-9)32-36(6)16-14-29(40)34(3,4)28(36)13-17-37(32,38)7/h10-11,18,23-24,27-32,39-41H,1,12-17,19-20H2,2-9H3/t23-,24?,27+,28?,29-,30+,31?,32?,35+,36-,37+,38-/m0/s1. The average molecular weight is 609 g/mol. The van der Waals surface area contributed by atoms with Gasteiger partial charge in [0.15, 0.2) is 11.5 Å². The van der Waals surface area contributed by atoms with E-state index in [9.17, 15) is 20.1 Å². The topological polar surface area (TPSA) is 96.2 Å². The minimum Gasteiger partial charge on any atom is -0.504 e. The van der Waals surface area contributed by atoms with Crippen LogP contribution in [0.1, 0.15) is 110 Å². The Hall–Kier alpha value is -2.05. The number of phenolic OH excluding ortho intramolecular Hbond substituents is 1. The van der Waals surface area contributed by atoms with E-state index in [0.29, 0.717) is 23.8 Å². The van der Waals surface area contributed by atoms with Gasteiger partial charge in [-0.3, -0.25) is 0 Å². The van der Waals surface area contributed by atoms with Gasteiger partial charge in [0.1, 0.15) is 6.10 Å². The van der Waals surface area contributed by atoms with Crippen molar-refractivity contribution >= 4 is 5.97 Å². The van der Waals surface area contributed by atoms with Crippen LogP contribution in [-0.2, 0) is 4.74 Å². The summed E-state index contributed by atoms with van der Waals surface area (Å²) in [5.74, 6) is 1.06. The first-order valence-electron chi connectivity index (χ1n) is 17.0. The van der Waals surface area contributed by atoms with Crippen molar-refractivity contribution in [2.45, 2.75) is 118 Å². The molecule has 3 N–H and O–H groups in total. The number of rotatable bonds is 4. The van der Waals surface area contributed by atoms with Gasteiger partial charge in [0, 0.05) is 11.3 Å². The summed E-state index contributed by atoms with van der Waals surface area (Å²) in [6.45, 7) is 20.6. The van der Waals surface area contributed by atoms with Crippen molar-refractivity contribution in [1.82, 2.24) is 0 Å². The van der Waals surface area contributed by atoms with Gasteiger partial charge in [-0.15, -0.1) is 0 Å². The number of benzene rings is 1. The van der Waals surface area contributed by atoms with Crippen molar-refractivity contribution in [3.8, 4) is 11.5 Å². The van der Waals surface area contributed by atoms with E-state index in [-0.39, 0.29) is 68.5 Å². The summed E-state index contributed by atoms with van der Waals surface area (Å²) in [6.07, 6.45) is 6.07. The maximum atomic E-state index is 14.0. The molecule has 6 nitrogen and oxygen atoms in total. The molecule has 1 aromatic carbocycles. The molecule has 6 heteroatoms.